The van der Waals surface area contributed by atoms with Crippen LogP contribution in [0, 0.1) is 11.3 Å². The molecular formula is C23H19ClN2O3. The fourth-order valence-corrected chi connectivity index (χ4v) is 3.26. The lowest BCUT2D eigenvalue weighted by Crippen LogP contribution is -2.42. The van der Waals surface area contributed by atoms with Crippen LogP contribution in [0.2, 0.25) is 5.02 Å². The number of benzene rings is 2. The number of carbonyl (C=O) groups is 2. The normalized spacial score (nSPS) is 15.7. The zero-order valence-electron chi connectivity index (χ0n) is 16.1. The van der Waals surface area contributed by atoms with Gasteiger partial charge in [-0.1, -0.05) is 41.9 Å². The van der Waals surface area contributed by atoms with Crippen molar-refractivity contribution in [2.75, 3.05) is 6.61 Å². The predicted octanol–water partition coefficient (Wildman–Crippen LogP) is 4.53. The molecule has 2 aromatic carbocycles. The Morgan fingerprint density at radius 3 is 2.41 bits per heavy atom. The van der Waals surface area contributed by atoms with E-state index in [4.69, 9.17) is 16.3 Å². The first kappa shape index (κ1) is 20.4. The zero-order valence-corrected chi connectivity index (χ0v) is 16.9. The molecule has 2 amide bonds. The molecule has 1 aliphatic rings. The van der Waals surface area contributed by atoms with Crippen LogP contribution in [0.15, 0.2) is 65.3 Å². The Labute approximate surface area is 174 Å². The molecule has 2 aromatic rings. The Balaban J connectivity index is 2.01. The molecule has 0 saturated heterocycles. The van der Waals surface area contributed by atoms with Crippen LogP contribution in [0.4, 0.5) is 0 Å². The first-order valence-electron chi connectivity index (χ1n) is 9.11. The van der Waals surface area contributed by atoms with Gasteiger partial charge in [0.2, 0.25) is 0 Å². The van der Waals surface area contributed by atoms with Crippen molar-refractivity contribution in [3.63, 3.8) is 0 Å². The van der Waals surface area contributed by atoms with Crippen LogP contribution >= 0.6 is 11.6 Å². The van der Waals surface area contributed by atoms with Crippen molar-refractivity contribution in [3.8, 4) is 11.8 Å². The molecule has 0 aliphatic carbocycles. The lowest BCUT2D eigenvalue weighted by atomic mass is 9.93. The van der Waals surface area contributed by atoms with E-state index in [2.05, 4.69) is 0 Å². The number of nitrogens with zero attached hydrogens (tertiary/aromatic N) is 2. The molecule has 0 spiro atoms. The van der Waals surface area contributed by atoms with Crippen molar-refractivity contribution < 1.29 is 14.3 Å². The quantitative estimate of drug-likeness (QED) is 0.540. The molecule has 1 aliphatic heterocycles. The summed E-state index contributed by atoms with van der Waals surface area (Å²) in [5.41, 5.74) is 2.02. The third-order valence-electron chi connectivity index (χ3n) is 4.61. The summed E-state index contributed by atoms with van der Waals surface area (Å²) in [5, 5.41) is 9.95. The highest BCUT2D eigenvalue weighted by Crippen LogP contribution is 2.29. The minimum Gasteiger partial charge on any atom is -0.494 e. The maximum absolute atomic E-state index is 13.1. The highest BCUT2D eigenvalue weighted by molar-refractivity contribution is 6.31. The second-order valence-corrected chi connectivity index (χ2v) is 6.87. The molecule has 1 heterocycles. The molecule has 0 bridgehead atoms. The highest BCUT2D eigenvalue weighted by atomic mass is 35.5. The number of hydrogen-bond acceptors (Lipinski definition) is 4. The molecule has 0 N–H and O–H groups in total. The summed E-state index contributed by atoms with van der Waals surface area (Å²) >= 11 is 6.19. The first-order valence-corrected chi connectivity index (χ1v) is 9.49. The fraction of sp³-hybridized carbons (Fsp3) is 0.174. The first-order chi connectivity index (χ1) is 14.0. The lowest BCUT2D eigenvalue weighted by molar-refractivity contribution is -0.141. The Kier molecular flexibility index (Phi) is 6.16. The molecule has 0 radical (unpaired) electrons. The Bertz CT molecular complexity index is 1060. The van der Waals surface area contributed by atoms with E-state index >= 15 is 0 Å². The average molecular weight is 407 g/mol. The third kappa shape index (κ3) is 4.23. The summed E-state index contributed by atoms with van der Waals surface area (Å²) in [5.74, 6) is -0.343. The van der Waals surface area contributed by atoms with E-state index in [1.807, 2.05) is 25.1 Å². The van der Waals surface area contributed by atoms with E-state index in [0.717, 1.165) is 16.2 Å². The number of rotatable bonds is 5. The topological polar surface area (TPSA) is 70.4 Å². The minimum absolute atomic E-state index is 0.00355. The Morgan fingerprint density at radius 1 is 1.10 bits per heavy atom. The second kappa shape index (κ2) is 8.76. The van der Waals surface area contributed by atoms with Gasteiger partial charge < -0.3 is 4.74 Å². The van der Waals surface area contributed by atoms with Crippen LogP contribution in [0.25, 0.3) is 6.08 Å². The molecule has 6 heteroatoms. The fourth-order valence-electron chi connectivity index (χ4n) is 3.06. The SMILES string of the molecule is CCOc1ccc(/C=C2/C(=O)N(Cc3ccccc3Cl)C(=O)C(C#N)=C2C)cc1. The molecule has 0 fully saturated rings. The Hall–Kier alpha value is -3.36. The van der Waals surface area contributed by atoms with Gasteiger partial charge in [0, 0.05) is 10.6 Å². The van der Waals surface area contributed by atoms with Gasteiger partial charge in [0.15, 0.2) is 0 Å². The van der Waals surface area contributed by atoms with Crippen LogP contribution in [0.3, 0.4) is 0 Å². The van der Waals surface area contributed by atoms with Gasteiger partial charge in [-0.2, -0.15) is 5.26 Å². The van der Waals surface area contributed by atoms with Crippen molar-refractivity contribution in [2.45, 2.75) is 20.4 Å². The molecule has 146 valence electrons. The van der Waals surface area contributed by atoms with Crippen LogP contribution in [0.1, 0.15) is 25.0 Å². The van der Waals surface area contributed by atoms with Gasteiger partial charge in [-0.05, 0) is 54.8 Å². The summed E-state index contributed by atoms with van der Waals surface area (Å²) in [4.78, 5) is 26.9. The number of halogens is 1. The van der Waals surface area contributed by atoms with Crippen molar-refractivity contribution in [1.82, 2.24) is 4.90 Å². The summed E-state index contributed by atoms with van der Waals surface area (Å²) in [7, 11) is 0. The number of ether oxygens (including phenoxy) is 1. The maximum atomic E-state index is 13.1. The van der Waals surface area contributed by atoms with Crippen LogP contribution in [-0.4, -0.2) is 23.3 Å². The molecule has 0 aromatic heterocycles. The summed E-state index contributed by atoms with van der Waals surface area (Å²) < 4.78 is 5.43. The second-order valence-electron chi connectivity index (χ2n) is 6.46. The average Bonchev–Trinajstić information content (AvgIpc) is 2.72. The van der Waals surface area contributed by atoms with E-state index in [1.54, 1.807) is 49.4 Å². The largest absolute Gasteiger partial charge is 0.494 e. The van der Waals surface area contributed by atoms with Gasteiger partial charge in [-0.3, -0.25) is 14.5 Å². The van der Waals surface area contributed by atoms with Crippen LogP contribution in [-0.2, 0) is 16.1 Å². The smallest absolute Gasteiger partial charge is 0.271 e. The summed E-state index contributed by atoms with van der Waals surface area (Å²) in [6, 6.07) is 16.2. The van der Waals surface area contributed by atoms with Gasteiger partial charge >= 0.3 is 0 Å². The minimum atomic E-state index is -0.612. The van der Waals surface area contributed by atoms with Crippen LogP contribution in [0.5, 0.6) is 5.75 Å². The van der Waals surface area contributed by atoms with Gasteiger partial charge in [-0.25, -0.2) is 0 Å². The van der Waals surface area contributed by atoms with Gasteiger partial charge in [0.05, 0.1) is 13.2 Å². The number of imide groups is 1. The number of nitriles is 1. The maximum Gasteiger partial charge on any atom is 0.271 e. The molecule has 3 rings (SSSR count). The predicted molar refractivity (Wildman–Crippen MR) is 111 cm³/mol. The molecule has 5 nitrogen and oxygen atoms in total. The number of hydrogen-bond donors (Lipinski definition) is 0. The third-order valence-corrected chi connectivity index (χ3v) is 4.98. The van der Waals surface area contributed by atoms with Crippen molar-refractivity contribution in [1.29, 1.82) is 5.26 Å². The summed E-state index contributed by atoms with van der Waals surface area (Å²) in [6.07, 6.45) is 1.68. The molecule has 0 atom stereocenters. The molecule has 0 saturated carbocycles. The van der Waals surface area contributed by atoms with Crippen LogP contribution < -0.4 is 4.74 Å². The standard InChI is InChI=1S/C23H19ClN2O3/c1-3-29-18-10-8-16(9-11-18)12-19-15(2)20(13-25)23(28)26(22(19)27)14-17-6-4-5-7-21(17)24/h4-12H,3,14H2,1-2H3/b19-12+. The van der Waals surface area contributed by atoms with Gasteiger partial charge in [0.1, 0.15) is 17.4 Å². The number of amides is 2. The van der Waals surface area contributed by atoms with Crippen molar-refractivity contribution in [3.05, 3.63) is 81.4 Å². The molecular weight excluding hydrogens is 388 g/mol. The van der Waals surface area contributed by atoms with E-state index in [-0.39, 0.29) is 12.1 Å². The molecule has 29 heavy (non-hydrogen) atoms. The van der Waals surface area contributed by atoms with E-state index < -0.39 is 11.8 Å². The van der Waals surface area contributed by atoms with Gasteiger partial charge in [0.25, 0.3) is 11.8 Å². The molecule has 0 unspecified atom stereocenters. The Morgan fingerprint density at radius 2 is 1.79 bits per heavy atom. The monoisotopic (exact) mass is 406 g/mol. The lowest BCUT2D eigenvalue weighted by Gasteiger charge is -2.27. The van der Waals surface area contributed by atoms with E-state index in [9.17, 15) is 14.9 Å². The van der Waals surface area contributed by atoms with Gasteiger partial charge in [-0.15, -0.1) is 0 Å². The van der Waals surface area contributed by atoms with Crippen molar-refractivity contribution in [2.24, 2.45) is 0 Å². The van der Waals surface area contributed by atoms with E-state index in [1.165, 1.54) is 0 Å². The number of carbonyl (C=O) groups excluding carboxylic acids is 2. The van der Waals surface area contributed by atoms with Crippen molar-refractivity contribution >= 4 is 29.5 Å². The zero-order chi connectivity index (χ0) is 21.0. The highest BCUT2D eigenvalue weighted by Gasteiger charge is 2.35. The van der Waals surface area contributed by atoms with E-state index in [0.29, 0.717) is 28.3 Å². The summed E-state index contributed by atoms with van der Waals surface area (Å²) in [6.45, 7) is 4.07.